The lowest BCUT2D eigenvalue weighted by Crippen LogP contribution is -2.40. The second-order valence-electron chi connectivity index (χ2n) is 6.02. The Kier molecular flexibility index (Phi) is 5.02. The van der Waals surface area contributed by atoms with E-state index >= 15 is 0 Å². The summed E-state index contributed by atoms with van der Waals surface area (Å²) in [5.74, 6) is 1.72. The maximum absolute atomic E-state index is 12.0. The molecule has 8 heteroatoms. The van der Waals surface area contributed by atoms with Gasteiger partial charge in [0.25, 0.3) is 0 Å². The first kappa shape index (κ1) is 16.1. The molecule has 1 aliphatic heterocycles. The number of aryl methyl sites for hydroxylation is 2. The largest absolute Gasteiger partial charge is 0.335 e. The van der Waals surface area contributed by atoms with Crippen LogP contribution in [0.4, 0.5) is 5.13 Å². The van der Waals surface area contributed by atoms with Crippen LogP contribution in [0.1, 0.15) is 23.7 Å². The summed E-state index contributed by atoms with van der Waals surface area (Å²) in [6.45, 7) is 7.28. The molecule has 1 amide bonds. The third kappa shape index (κ3) is 4.35. The van der Waals surface area contributed by atoms with Crippen molar-refractivity contribution in [1.82, 2.24) is 24.6 Å². The number of amides is 1. The molecule has 0 spiro atoms. The number of hydrogen-bond donors (Lipinski definition) is 1. The van der Waals surface area contributed by atoms with Gasteiger partial charge < -0.3 is 4.57 Å². The summed E-state index contributed by atoms with van der Waals surface area (Å²) < 4.78 is 2.21. The lowest BCUT2D eigenvalue weighted by Gasteiger charge is -2.31. The molecule has 124 valence electrons. The number of anilines is 1. The monoisotopic (exact) mass is 334 g/mol. The zero-order chi connectivity index (χ0) is 16.2. The standard InChI is InChI=1S/C15H22N6OS/c1-11-16-5-8-21(11)9-13-3-6-20(7-4-13)10-14(22)17-15-19-18-12(2)23-15/h5,8,13H,3-4,6-7,9-10H2,1-2H3,(H,17,19,22). The number of aromatic nitrogens is 4. The van der Waals surface area contributed by atoms with Gasteiger partial charge in [-0.15, -0.1) is 10.2 Å². The normalized spacial score (nSPS) is 16.6. The van der Waals surface area contributed by atoms with Crippen molar-refractivity contribution >= 4 is 22.4 Å². The van der Waals surface area contributed by atoms with E-state index in [9.17, 15) is 4.79 Å². The van der Waals surface area contributed by atoms with Gasteiger partial charge >= 0.3 is 0 Å². The Bertz CT molecular complexity index is 658. The SMILES string of the molecule is Cc1nnc(NC(=O)CN2CCC(Cn3ccnc3C)CC2)s1. The van der Waals surface area contributed by atoms with Gasteiger partial charge in [0.1, 0.15) is 10.8 Å². The van der Waals surface area contributed by atoms with Crippen molar-refractivity contribution in [3.05, 3.63) is 23.2 Å². The van der Waals surface area contributed by atoms with Crippen molar-refractivity contribution < 1.29 is 4.79 Å². The minimum atomic E-state index is -0.00921. The Labute approximate surface area is 139 Å². The van der Waals surface area contributed by atoms with Crippen LogP contribution in [0.2, 0.25) is 0 Å². The highest BCUT2D eigenvalue weighted by Gasteiger charge is 2.21. The van der Waals surface area contributed by atoms with Gasteiger partial charge in [-0.05, 0) is 45.7 Å². The number of imidazole rings is 1. The molecule has 23 heavy (non-hydrogen) atoms. The van der Waals surface area contributed by atoms with E-state index in [0.29, 0.717) is 17.6 Å². The summed E-state index contributed by atoms with van der Waals surface area (Å²) in [4.78, 5) is 18.5. The van der Waals surface area contributed by atoms with Crippen molar-refractivity contribution in [2.45, 2.75) is 33.2 Å². The van der Waals surface area contributed by atoms with Crippen LogP contribution in [0.25, 0.3) is 0 Å². The van der Waals surface area contributed by atoms with E-state index in [1.54, 1.807) is 0 Å². The molecule has 2 aromatic rings. The summed E-state index contributed by atoms with van der Waals surface area (Å²) in [7, 11) is 0. The van der Waals surface area contributed by atoms with E-state index < -0.39 is 0 Å². The Balaban J connectivity index is 1.42. The predicted octanol–water partition coefficient (Wildman–Crippen LogP) is 1.70. The maximum Gasteiger partial charge on any atom is 0.240 e. The number of hydrogen-bond acceptors (Lipinski definition) is 6. The number of carbonyl (C=O) groups is 1. The van der Waals surface area contributed by atoms with Gasteiger partial charge in [-0.1, -0.05) is 11.3 Å². The molecule has 0 radical (unpaired) electrons. The lowest BCUT2D eigenvalue weighted by atomic mass is 9.96. The van der Waals surface area contributed by atoms with Crippen LogP contribution in [0.15, 0.2) is 12.4 Å². The molecular weight excluding hydrogens is 312 g/mol. The summed E-state index contributed by atoms with van der Waals surface area (Å²) >= 11 is 1.40. The molecule has 0 bridgehead atoms. The molecule has 7 nitrogen and oxygen atoms in total. The first-order valence-electron chi connectivity index (χ1n) is 7.90. The van der Waals surface area contributed by atoms with Gasteiger partial charge in [-0.3, -0.25) is 15.0 Å². The molecule has 2 aromatic heterocycles. The third-order valence-electron chi connectivity index (χ3n) is 4.23. The number of nitrogens with zero attached hydrogens (tertiary/aromatic N) is 5. The second-order valence-corrected chi connectivity index (χ2v) is 7.20. The Morgan fingerprint density at radius 3 is 2.74 bits per heavy atom. The van der Waals surface area contributed by atoms with Crippen molar-refractivity contribution in [2.24, 2.45) is 5.92 Å². The first-order chi connectivity index (χ1) is 11.1. The highest BCUT2D eigenvalue weighted by molar-refractivity contribution is 7.15. The van der Waals surface area contributed by atoms with Crippen LogP contribution in [0, 0.1) is 19.8 Å². The van der Waals surface area contributed by atoms with E-state index in [2.05, 4.69) is 30.0 Å². The Hall–Kier alpha value is -1.80. The van der Waals surface area contributed by atoms with Gasteiger partial charge in [-0.25, -0.2) is 4.98 Å². The average Bonchev–Trinajstić information content (AvgIpc) is 3.10. The molecule has 0 unspecified atom stereocenters. The number of likely N-dealkylation sites (tertiary alicyclic amines) is 1. The molecule has 0 atom stereocenters. The van der Waals surface area contributed by atoms with Gasteiger partial charge in [0.05, 0.1) is 6.54 Å². The van der Waals surface area contributed by atoms with Gasteiger partial charge in [0.2, 0.25) is 11.0 Å². The van der Waals surface area contributed by atoms with Gasteiger partial charge in [0, 0.05) is 18.9 Å². The molecule has 1 saturated heterocycles. The van der Waals surface area contributed by atoms with Crippen molar-refractivity contribution in [3.63, 3.8) is 0 Å². The summed E-state index contributed by atoms with van der Waals surface area (Å²) in [5, 5.41) is 12.1. The first-order valence-corrected chi connectivity index (χ1v) is 8.72. The molecule has 0 saturated carbocycles. The zero-order valence-corrected chi connectivity index (χ0v) is 14.3. The summed E-state index contributed by atoms with van der Waals surface area (Å²) in [6, 6.07) is 0. The fourth-order valence-corrected chi connectivity index (χ4v) is 3.52. The van der Waals surface area contributed by atoms with Crippen LogP contribution in [0.3, 0.4) is 0 Å². The highest BCUT2D eigenvalue weighted by Crippen LogP contribution is 2.20. The quantitative estimate of drug-likeness (QED) is 0.901. The van der Waals surface area contributed by atoms with E-state index in [1.165, 1.54) is 11.3 Å². The minimum Gasteiger partial charge on any atom is -0.335 e. The van der Waals surface area contributed by atoms with Crippen LogP contribution in [0.5, 0.6) is 0 Å². The van der Waals surface area contributed by atoms with Gasteiger partial charge in [0.15, 0.2) is 0 Å². The third-order valence-corrected chi connectivity index (χ3v) is 4.98. The van der Waals surface area contributed by atoms with E-state index in [-0.39, 0.29) is 5.91 Å². The Morgan fingerprint density at radius 2 is 2.13 bits per heavy atom. The molecule has 0 aliphatic carbocycles. The summed E-state index contributed by atoms with van der Waals surface area (Å²) in [5.41, 5.74) is 0. The van der Waals surface area contributed by atoms with E-state index in [0.717, 1.165) is 43.3 Å². The topological polar surface area (TPSA) is 75.9 Å². The second kappa shape index (κ2) is 7.18. The number of rotatable bonds is 5. The van der Waals surface area contributed by atoms with Crippen LogP contribution >= 0.6 is 11.3 Å². The fourth-order valence-electron chi connectivity index (χ4n) is 2.91. The minimum absolute atomic E-state index is 0.00921. The maximum atomic E-state index is 12.0. The summed E-state index contributed by atoms with van der Waals surface area (Å²) in [6.07, 6.45) is 6.12. The van der Waals surface area contributed by atoms with E-state index in [1.807, 2.05) is 26.2 Å². The van der Waals surface area contributed by atoms with Gasteiger partial charge in [-0.2, -0.15) is 0 Å². The number of nitrogens with one attached hydrogen (secondary N) is 1. The molecular formula is C15H22N6OS. The molecule has 1 N–H and O–H groups in total. The lowest BCUT2D eigenvalue weighted by molar-refractivity contribution is -0.117. The average molecular weight is 334 g/mol. The molecule has 0 aromatic carbocycles. The molecule has 1 fully saturated rings. The number of carbonyl (C=O) groups excluding carboxylic acids is 1. The van der Waals surface area contributed by atoms with Crippen LogP contribution in [-0.4, -0.2) is 50.2 Å². The van der Waals surface area contributed by atoms with Crippen molar-refractivity contribution in [2.75, 3.05) is 25.0 Å². The molecule has 3 rings (SSSR count). The van der Waals surface area contributed by atoms with Crippen LogP contribution < -0.4 is 5.32 Å². The Morgan fingerprint density at radius 1 is 1.35 bits per heavy atom. The van der Waals surface area contributed by atoms with Crippen LogP contribution in [-0.2, 0) is 11.3 Å². The smallest absolute Gasteiger partial charge is 0.240 e. The highest BCUT2D eigenvalue weighted by atomic mass is 32.1. The van der Waals surface area contributed by atoms with Crippen molar-refractivity contribution in [1.29, 1.82) is 0 Å². The molecule has 3 heterocycles. The molecule has 1 aliphatic rings. The zero-order valence-electron chi connectivity index (χ0n) is 13.5. The van der Waals surface area contributed by atoms with Crippen molar-refractivity contribution in [3.8, 4) is 0 Å². The number of piperidine rings is 1. The van der Waals surface area contributed by atoms with E-state index in [4.69, 9.17) is 0 Å². The predicted molar refractivity (Wildman–Crippen MR) is 89.4 cm³/mol. The fraction of sp³-hybridized carbons (Fsp3) is 0.600.